The molecular weight excluding hydrogens is 647 g/mol. The number of carbonyl (C=O) groups is 2. The topological polar surface area (TPSA) is 116 Å². The summed E-state index contributed by atoms with van der Waals surface area (Å²) in [6.45, 7) is 4.23. The molecule has 4 aliphatic rings. The molecule has 51 heavy (non-hydrogen) atoms. The number of nitrogens with zero attached hydrogens (tertiary/aromatic N) is 3. The van der Waals surface area contributed by atoms with E-state index in [0.717, 1.165) is 38.5 Å². The lowest BCUT2D eigenvalue weighted by Gasteiger charge is -2.50. The van der Waals surface area contributed by atoms with Gasteiger partial charge in [-0.05, 0) is 109 Å². The summed E-state index contributed by atoms with van der Waals surface area (Å²) in [5, 5.41) is 18.0. The summed E-state index contributed by atoms with van der Waals surface area (Å²) in [4.78, 5) is 42.3. The van der Waals surface area contributed by atoms with Gasteiger partial charge in [0, 0.05) is 38.0 Å². The fourth-order valence-corrected chi connectivity index (χ4v) is 9.92. The Hall–Kier alpha value is -4.57. The average molecular weight is 693 g/mol. The molecule has 3 fully saturated rings. The average Bonchev–Trinajstić information content (AvgIpc) is 3.49. The quantitative estimate of drug-likeness (QED) is 0.247. The number of phenolic OH excluding ortho intramolecular Hbond substituents is 1. The van der Waals surface area contributed by atoms with E-state index in [4.69, 9.17) is 4.74 Å². The molecule has 0 bridgehead atoms. The molecule has 5 atom stereocenters. The van der Waals surface area contributed by atoms with Gasteiger partial charge in [0.25, 0.3) is 11.5 Å². The van der Waals surface area contributed by atoms with Crippen LogP contribution < -0.4 is 5.56 Å². The first kappa shape index (κ1) is 33.6. The van der Waals surface area contributed by atoms with Gasteiger partial charge in [0.2, 0.25) is 5.91 Å². The number of hydrogen-bond donors (Lipinski definition) is 2. The number of rotatable bonds is 7. The molecule has 2 heterocycles. The van der Waals surface area contributed by atoms with Crippen molar-refractivity contribution in [3.8, 4) is 5.75 Å². The van der Waals surface area contributed by atoms with Gasteiger partial charge in [-0.15, -0.1) is 0 Å². The summed E-state index contributed by atoms with van der Waals surface area (Å²) in [6.07, 6.45) is 7.38. The third-order valence-corrected chi connectivity index (χ3v) is 12.6. The number of carbonyl (C=O) groups excluding carboxylic acids is 2. The van der Waals surface area contributed by atoms with Crippen molar-refractivity contribution in [3.63, 3.8) is 0 Å². The summed E-state index contributed by atoms with van der Waals surface area (Å²) >= 11 is 0. The second-order valence-electron chi connectivity index (χ2n) is 15.2. The number of hydrogen-bond acceptors (Lipinski definition) is 6. The van der Waals surface area contributed by atoms with Gasteiger partial charge in [-0.3, -0.25) is 14.4 Å². The van der Waals surface area contributed by atoms with Crippen LogP contribution in [0.3, 0.4) is 0 Å². The Bertz CT molecular complexity index is 2040. The van der Waals surface area contributed by atoms with Crippen LogP contribution in [-0.4, -0.2) is 75.8 Å². The first-order valence-electron chi connectivity index (χ1n) is 18.4. The van der Waals surface area contributed by atoms with Gasteiger partial charge in [0.15, 0.2) is 0 Å². The molecule has 10 heteroatoms. The molecule has 0 spiro atoms. The monoisotopic (exact) mass is 692 g/mol. The summed E-state index contributed by atoms with van der Waals surface area (Å²) in [7, 11) is 0. The maximum absolute atomic E-state index is 15.0. The van der Waals surface area contributed by atoms with Crippen LogP contribution in [0, 0.1) is 23.1 Å². The molecule has 8 rings (SSSR count). The highest BCUT2D eigenvalue weighted by molar-refractivity contribution is 5.95. The minimum absolute atomic E-state index is 0.0106. The van der Waals surface area contributed by atoms with E-state index in [1.165, 1.54) is 17.2 Å². The predicted octanol–water partition coefficient (Wildman–Crippen LogP) is 5.97. The molecule has 0 radical (unpaired) electrons. The number of ether oxygens (including phenoxy) is 1. The van der Waals surface area contributed by atoms with Crippen LogP contribution >= 0.6 is 0 Å². The Morgan fingerprint density at radius 3 is 2.59 bits per heavy atom. The fraction of sp³-hybridized carbons (Fsp3) is 0.463. The van der Waals surface area contributed by atoms with Crippen molar-refractivity contribution in [2.24, 2.45) is 17.3 Å². The number of phenols is 1. The summed E-state index contributed by atoms with van der Waals surface area (Å²) in [6, 6.07) is 17.6. The number of fused-ring (bicyclic) bond motifs is 6. The molecule has 2 amide bonds. The van der Waals surface area contributed by atoms with Crippen LogP contribution in [0.2, 0.25) is 0 Å². The number of piperazine rings is 1. The minimum atomic E-state index is -0.594. The van der Waals surface area contributed by atoms with E-state index in [-0.39, 0.29) is 28.5 Å². The number of halogens is 1. The third kappa shape index (κ3) is 6.21. The van der Waals surface area contributed by atoms with Crippen LogP contribution in [0.25, 0.3) is 10.8 Å². The molecule has 2 saturated carbocycles. The van der Waals surface area contributed by atoms with Crippen molar-refractivity contribution in [2.75, 3.05) is 32.8 Å². The number of aromatic nitrogens is 2. The zero-order valence-corrected chi connectivity index (χ0v) is 29.1. The van der Waals surface area contributed by atoms with E-state index >= 15 is 0 Å². The molecular formula is C41H45FN4O5. The molecule has 9 nitrogen and oxygen atoms in total. The van der Waals surface area contributed by atoms with Crippen LogP contribution in [0.5, 0.6) is 5.75 Å². The molecule has 1 aromatic heterocycles. The van der Waals surface area contributed by atoms with Gasteiger partial charge < -0.3 is 19.6 Å². The van der Waals surface area contributed by atoms with Crippen molar-refractivity contribution >= 4 is 22.6 Å². The first-order valence-corrected chi connectivity index (χ1v) is 18.4. The second-order valence-corrected chi connectivity index (χ2v) is 15.2. The Morgan fingerprint density at radius 2 is 1.76 bits per heavy atom. The number of H-pyrrole nitrogens is 1. The fourth-order valence-electron chi connectivity index (χ4n) is 9.92. The third-order valence-electron chi connectivity index (χ3n) is 12.6. The molecule has 1 unspecified atom stereocenters. The lowest BCUT2D eigenvalue weighted by atomic mass is 9.55. The highest BCUT2D eigenvalue weighted by atomic mass is 19.1. The smallest absolute Gasteiger partial charge is 0.272 e. The van der Waals surface area contributed by atoms with E-state index in [0.29, 0.717) is 91.2 Å². The van der Waals surface area contributed by atoms with Gasteiger partial charge >= 0.3 is 0 Å². The highest BCUT2D eigenvalue weighted by Gasteiger charge is 2.55. The van der Waals surface area contributed by atoms with Crippen LogP contribution in [-0.2, 0) is 22.4 Å². The summed E-state index contributed by atoms with van der Waals surface area (Å²) in [5.74, 6) is 1.18. The predicted molar refractivity (Wildman–Crippen MR) is 191 cm³/mol. The normalized spacial score (nSPS) is 25.7. The van der Waals surface area contributed by atoms with Crippen molar-refractivity contribution in [3.05, 3.63) is 105 Å². The van der Waals surface area contributed by atoms with Crippen molar-refractivity contribution < 1.29 is 23.8 Å². The number of aryl methyl sites for hydroxylation is 1. The zero-order chi connectivity index (χ0) is 35.3. The zero-order valence-electron chi connectivity index (χ0n) is 29.1. The number of benzene rings is 3. The number of aromatic hydroxyl groups is 1. The standard InChI is InChI=1S/C41H45FN4O5/c1-41-16-14-29-28-10-8-27(47)24-26(28)7-9-30(29)34(41)11-13-37(41)51-21-15-38(48)45-17-19-46(20-18-45)40(50)33-22-25(6-12-35(33)42)23-36-31-4-2-3-5-32(31)39(49)44-43-36/h2-6,8,10,12,22,24,29-30,34,37,47H,7,9,11,13-21,23H2,1H3,(H,44,49)/t29-,30-,34+,37?,41+/m1/s1. The summed E-state index contributed by atoms with van der Waals surface area (Å²) in [5.41, 5.74) is 3.91. The number of amides is 2. The lowest BCUT2D eigenvalue weighted by Crippen LogP contribution is -2.51. The summed E-state index contributed by atoms with van der Waals surface area (Å²) < 4.78 is 21.5. The van der Waals surface area contributed by atoms with E-state index in [1.54, 1.807) is 34.1 Å². The van der Waals surface area contributed by atoms with Crippen molar-refractivity contribution in [1.29, 1.82) is 0 Å². The highest BCUT2D eigenvalue weighted by Crippen LogP contribution is 2.61. The molecule has 3 aliphatic carbocycles. The lowest BCUT2D eigenvalue weighted by molar-refractivity contribution is -0.135. The van der Waals surface area contributed by atoms with Gasteiger partial charge in [0.1, 0.15) is 11.6 Å². The van der Waals surface area contributed by atoms with Crippen molar-refractivity contribution in [2.45, 2.75) is 70.3 Å². The number of nitrogens with one attached hydrogen (secondary N) is 1. The minimum Gasteiger partial charge on any atom is -0.508 e. The van der Waals surface area contributed by atoms with Gasteiger partial charge in [-0.1, -0.05) is 37.3 Å². The Kier molecular flexibility index (Phi) is 8.90. The maximum Gasteiger partial charge on any atom is 0.272 e. The molecule has 4 aromatic rings. The Morgan fingerprint density at radius 1 is 0.980 bits per heavy atom. The van der Waals surface area contributed by atoms with Gasteiger partial charge in [0.05, 0.1) is 35.8 Å². The van der Waals surface area contributed by atoms with E-state index in [1.807, 2.05) is 24.3 Å². The Labute approximate surface area is 296 Å². The SMILES string of the molecule is C[C@]12CC[C@@H]3c4ccc(O)cc4CC[C@H]3[C@@H]1CCC2OCCC(=O)N1CCN(C(=O)c2cc(Cc3n[nH]c(=O)c4ccccc34)ccc2F)CC1. The van der Waals surface area contributed by atoms with E-state index in [9.17, 15) is 23.9 Å². The molecule has 2 N–H and O–H groups in total. The van der Waals surface area contributed by atoms with Crippen LogP contribution in [0.4, 0.5) is 4.39 Å². The largest absolute Gasteiger partial charge is 0.508 e. The van der Waals surface area contributed by atoms with Crippen LogP contribution in [0.1, 0.15) is 84.1 Å². The van der Waals surface area contributed by atoms with E-state index < -0.39 is 11.7 Å². The van der Waals surface area contributed by atoms with Gasteiger partial charge in [-0.25, -0.2) is 9.49 Å². The maximum atomic E-state index is 15.0. The number of aromatic amines is 1. The second kappa shape index (κ2) is 13.5. The molecule has 3 aromatic carbocycles. The molecule has 1 saturated heterocycles. The molecule has 266 valence electrons. The Balaban J connectivity index is 0.834. The van der Waals surface area contributed by atoms with Crippen LogP contribution in [0.15, 0.2) is 65.5 Å². The molecule has 1 aliphatic heterocycles. The van der Waals surface area contributed by atoms with E-state index in [2.05, 4.69) is 23.2 Å². The van der Waals surface area contributed by atoms with Crippen molar-refractivity contribution in [1.82, 2.24) is 20.0 Å². The van der Waals surface area contributed by atoms with Gasteiger partial charge in [-0.2, -0.15) is 5.10 Å². The first-order chi connectivity index (χ1) is 24.7.